The minimum Gasteiger partial charge on any atom is -0.507 e. The molecule has 1 aromatic heterocycles. The van der Waals surface area contributed by atoms with Crippen LogP contribution in [0.1, 0.15) is 35.2 Å². The van der Waals surface area contributed by atoms with Crippen molar-refractivity contribution in [1.82, 2.24) is 4.98 Å². The van der Waals surface area contributed by atoms with Crippen LogP contribution in [0.4, 0.5) is 5.13 Å². The molecule has 1 amide bonds. The zero-order valence-electron chi connectivity index (χ0n) is 19.5. The largest absolute Gasteiger partial charge is 0.507 e. The number of aromatic nitrogens is 1. The van der Waals surface area contributed by atoms with E-state index in [1.807, 2.05) is 62.4 Å². The number of ketones is 1. The molecule has 1 N–H and O–H groups in total. The van der Waals surface area contributed by atoms with Crippen LogP contribution >= 0.6 is 27.3 Å². The summed E-state index contributed by atoms with van der Waals surface area (Å²) in [6.45, 7) is 3.98. The van der Waals surface area contributed by atoms with Gasteiger partial charge in [0.15, 0.2) is 5.13 Å². The highest BCUT2D eigenvalue weighted by molar-refractivity contribution is 9.10. The molecule has 6 rings (SSSR count). The van der Waals surface area contributed by atoms with Crippen molar-refractivity contribution < 1.29 is 19.4 Å². The van der Waals surface area contributed by atoms with Crippen molar-refractivity contribution >= 4 is 60.1 Å². The number of carbonyl (C=O) groups is 2. The minimum absolute atomic E-state index is 0.0421. The van der Waals surface area contributed by atoms with E-state index in [2.05, 4.69) is 20.9 Å². The number of anilines is 1. The van der Waals surface area contributed by atoms with E-state index in [0.717, 1.165) is 31.6 Å². The van der Waals surface area contributed by atoms with Crippen LogP contribution in [0.15, 0.2) is 70.7 Å². The van der Waals surface area contributed by atoms with E-state index >= 15 is 0 Å². The van der Waals surface area contributed by atoms with Crippen LogP contribution in [0.5, 0.6) is 5.75 Å². The van der Waals surface area contributed by atoms with Crippen molar-refractivity contribution in [1.29, 1.82) is 0 Å². The van der Waals surface area contributed by atoms with Gasteiger partial charge in [-0.2, -0.15) is 0 Å². The average molecular weight is 561 g/mol. The molecule has 180 valence electrons. The zero-order valence-corrected chi connectivity index (χ0v) is 21.9. The zero-order chi connectivity index (χ0) is 25.1. The number of hydrogen-bond acceptors (Lipinski definition) is 6. The van der Waals surface area contributed by atoms with Crippen molar-refractivity contribution in [3.05, 3.63) is 93.0 Å². The van der Waals surface area contributed by atoms with Gasteiger partial charge in [0.25, 0.3) is 5.78 Å². The average Bonchev–Trinajstić information content (AvgIpc) is 3.50. The number of nitrogens with zero attached hydrogens (tertiary/aromatic N) is 2. The van der Waals surface area contributed by atoms with E-state index in [1.165, 1.54) is 16.2 Å². The molecule has 0 aliphatic carbocycles. The maximum Gasteiger partial charge on any atom is 0.301 e. The summed E-state index contributed by atoms with van der Waals surface area (Å²) >= 11 is 4.85. The van der Waals surface area contributed by atoms with Gasteiger partial charge in [-0.25, -0.2) is 4.98 Å². The van der Waals surface area contributed by atoms with Crippen LogP contribution in [-0.2, 0) is 16.0 Å². The number of aliphatic hydroxyl groups excluding tert-OH is 1. The summed E-state index contributed by atoms with van der Waals surface area (Å²) in [4.78, 5) is 33.0. The molecular formula is C28H21BrN2O4S. The van der Waals surface area contributed by atoms with Crippen LogP contribution in [0, 0.1) is 6.92 Å². The molecule has 6 nitrogen and oxygen atoms in total. The van der Waals surface area contributed by atoms with Gasteiger partial charge in [-0.05, 0) is 73.0 Å². The number of Topliss-reactive ketones (excluding diaryl/α,β-unsaturated/α-hetero) is 1. The van der Waals surface area contributed by atoms with Gasteiger partial charge in [0.2, 0.25) is 0 Å². The number of fused-ring (bicyclic) bond motifs is 2. The maximum atomic E-state index is 13.5. The molecule has 0 saturated carbocycles. The number of hydrogen-bond donors (Lipinski definition) is 1. The predicted molar refractivity (Wildman–Crippen MR) is 144 cm³/mol. The number of carbonyl (C=O) groups excluding carboxylic acids is 2. The fourth-order valence-electron chi connectivity index (χ4n) is 4.87. The van der Waals surface area contributed by atoms with E-state index in [0.29, 0.717) is 22.7 Å². The molecule has 3 heterocycles. The van der Waals surface area contributed by atoms with Gasteiger partial charge < -0.3 is 9.84 Å². The number of aryl methyl sites for hydroxylation is 1. The molecule has 2 atom stereocenters. The summed E-state index contributed by atoms with van der Waals surface area (Å²) in [6, 6.07) is 17.8. The lowest BCUT2D eigenvalue weighted by Crippen LogP contribution is -2.29. The van der Waals surface area contributed by atoms with Gasteiger partial charge in [-0.15, -0.1) is 0 Å². The molecule has 1 fully saturated rings. The lowest BCUT2D eigenvalue weighted by molar-refractivity contribution is -0.132. The summed E-state index contributed by atoms with van der Waals surface area (Å²) in [5.74, 6) is -0.888. The minimum atomic E-state index is -0.826. The lowest BCUT2D eigenvalue weighted by atomic mass is 9.94. The summed E-state index contributed by atoms with van der Waals surface area (Å²) in [5, 5.41) is 11.9. The third-order valence-electron chi connectivity index (χ3n) is 6.52. The molecule has 3 aromatic carbocycles. The Labute approximate surface area is 220 Å². The number of amides is 1. The quantitative estimate of drug-likeness (QED) is 0.180. The lowest BCUT2D eigenvalue weighted by Gasteiger charge is -2.23. The smallest absolute Gasteiger partial charge is 0.301 e. The van der Waals surface area contributed by atoms with Crippen LogP contribution in [0.3, 0.4) is 0 Å². The Bertz CT molecular complexity index is 1610. The summed E-state index contributed by atoms with van der Waals surface area (Å²) < 4.78 is 7.51. The highest BCUT2D eigenvalue weighted by atomic mass is 79.9. The van der Waals surface area contributed by atoms with Crippen LogP contribution < -0.4 is 9.64 Å². The van der Waals surface area contributed by atoms with E-state index < -0.39 is 17.7 Å². The topological polar surface area (TPSA) is 79.7 Å². The first-order valence-corrected chi connectivity index (χ1v) is 13.1. The number of benzene rings is 3. The van der Waals surface area contributed by atoms with Gasteiger partial charge in [0, 0.05) is 16.5 Å². The normalized spacial score (nSPS) is 20.7. The third-order valence-corrected chi connectivity index (χ3v) is 8.03. The van der Waals surface area contributed by atoms with Crippen LogP contribution in [-0.4, -0.2) is 27.9 Å². The monoisotopic (exact) mass is 560 g/mol. The van der Waals surface area contributed by atoms with Gasteiger partial charge >= 0.3 is 5.91 Å². The molecule has 0 bridgehead atoms. The Morgan fingerprint density at radius 1 is 1.14 bits per heavy atom. The Balaban J connectivity index is 1.54. The molecule has 0 spiro atoms. The highest BCUT2D eigenvalue weighted by Gasteiger charge is 2.48. The number of ether oxygens (including phenoxy) is 1. The second kappa shape index (κ2) is 8.57. The number of rotatable bonds is 3. The second-order valence-electron chi connectivity index (χ2n) is 9.15. The van der Waals surface area contributed by atoms with Crippen molar-refractivity contribution in [3.8, 4) is 5.75 Å². The Hall–Kier alpha value is -3.49. The molecule has 8 heteroatoms. The Morgan fingerprint density at radius 3 is 2.78 bits per heavy atom. The fourth-order valence-corrected chi connectivity index (χ4v) is 6.38. The van der Waals surface area contributed by atoms with E-state index in [-0.39, 0.29) is 17.4 Å². The molecule has 2 aliphatic rings. The van der Waals surface area contributed by atoms with Gasteiger partial charge in [0.1, 0.15) is 17.6 Å². The first kappa shape index (κ1) is 22.9. The summed E-state index contributed by atoms with van der Waals surface area (Å²) in [6.07, 6.45) is 0.762. The maximum absolute atomic E-state index is 13.5. The molecule has 0 radical (unpaired) electrons. The Morgan fingerprint density at radius 2 is 1.97 bits per heavy atom. The number of aliphatic hydroxyl groups is 1. The highest BCUT2D eigenvalue weighted by Crippen LogP contribution is 2.45. The van der Waals surface area contributed by atoms with Crippen molar-refractivity contribution in [2.45, 2.75) is 32.4 Å². The van der Waals surface area contributed by atoms with Crippen molar-refractivity contribution in [2.75, 3.05) is 4.90 Å². The molecule has 1 saturated heterocycles. The first-order chi connectivity index (χ1) is 17.3. The summed E-state index contributed by atoms with van der Waals surface area (Å²) in [5.41, 5.74) is 4.01. The molecule has 36 heavy (non-hydrogen) atoms. The van der Waals surface area contributed by atoms with Crippen LogP contribution in [0.2, 0.25) is 0 Å². The first-order valence-electron chi connectivity index (χ1n) is 11.5. The standard InChI is InChI=1S/C28H21BrN2O4S/c1-14-6-8-20-22(10-14)36-28(30-20)31-24(16-4-3-5-19(29)13-16)23(26(33)27(31)34)25(32)17-7-9-21-18(12-17)11-15(2)35-21/h3-10,12-13,15,24,32H,11H2,1-2H3/t15-,24+/m0/s1. The van der Waals surface area contributed by atoms with E-state index in [1.54, 1.807) is 12.1 Å². The molecule has 2 aliphatic heterocycles. The second-order valence-corrected chi connectivity index (χ2v) is 11.1. The molecular weight excluding hydrogens is 540 g/mol. The third kappa shape index (κ3) is 3.72. The number of thiazole rings is 1. The predicted octanol–water partition coefficient (Wildman–Crippen LogP) is 6.32. The van der Waals surface area contributed by atoms with E-state index in [4.69, 9.17) is 4.74 Å². The molecule has 0 unspecified atom stereocenters. The number of halogens is 1. The van der Waals surface area contributed by atoms with Crippen LogP contribution in [0.25, 0.3) is 16.0 Å². The SMILES string of the molecule is Cc1ccc2nc(N3C(=O)C(=O)C(=C(O)c4ccc5c(c4)C[C@H](C)O5)[C@H]3c3cccc(Br)c3)sc2c1. The molecule has 4 aromatic rings. The summed E-state index contributed by atoms with van der Waals surface area (Å²) in [7, 11) is 0. The van der Waals surface area contributed by atoms with Gasteiger partial charge in [0.05, 0.1) is 21.8 Å². The fraction of sp³-hybridized carbons (Fsp3) is 0.179. The van der Waals surface area contributed by atoms with Gasteiger partial charge in [-0.1, -0.05) is 45.5 Å². The van der Waals surface area contributed by atoms with Crippen molar-refractivity contribution in [3.63, 3.8) is 0 Å². The Kier molecular flexibility index (Phi) is 5.46. The van der Waals surface area contributed by atoms with E-state index in [9.17, 15) is 14.7 Å². The van der Waals surface area contributed by atoms with Gasteiger partial charge in [-0.3, -0.25) is 14.5 Å². The van der Waals surface area contributed by atoms with Crippen molar-refractivity contribution in [2.24, 2.45) is 0 Å².